The number of rotatable bonds is 5. The van der Waals surface area contributed by atoms with Crippen LogP contribution >= 0.6 is 0 Å². The van der Waals surface area contributed by atoms with Crippen molar-refractivity contribution in [2.75, 3.05) is 13.7 Å². The fourth-order valence-corrected chi connectivity index (χ4v) is 2.92. The van der Waals surface area contributed by atoms with E-state index in [9.17, 15) is 4.79 Å². The lowest BCUT2D eigenvalue weighted by atomic mass is 10.0. The van der Waals surface area contributed by atoms with E-state index >= 15 is 0 Å². The maximum absolute atomic E-state index is 12.7. The van der Waals surface area contributed by atoms with Crippen LogP contribution in [0.1, 0.15) is 45.0 Å². The summed E-state index contributed by atoms with van der Waals surface area (Å²) in [6.45, 7) is 4.77. The summed E-state index contributed by atoms with van der Waals surface area (Å²) in [6, 6.07) is -0.0273. The maximum Gasteiger partial charge on any atom is 0.226 e. The van der Waals surface area contributed by atoms with Gasteiger partial charge in [0.25, 0.3) is 0 Å². The molecule has 1 fully saturated rings. The van der Waals surface area contributed by atoms with Crippen molar-refractivity contribution in [3.8, 4) is 0 Å². The highest BCUT2D eigenvalue weighted by molar-refractivity contribution is 5.79. The molecule has 1 saturated heterocycles. The molecular weight excluding hydrogens is 256 g/mol. The Morgan fingerprint density at radius 3 is 2.70 bits per heavy atom. The molecule has 0 spiro atoms. The van der Waals surface area contributed by atoms with Crippen molar-refractivity contribution in [3.05, 3.63) is 12.2 Å². The summed E-state index contributed by atoms with van der Waals surface area (Å²) >= 11 is 0. The van der Waals surface area contributed by atoms with E-state index < -0.39 is 0 Å². The molecule has 0 bridgehead atoms. The Kier molecular flexibility index (Phi) is 4.75. The molecule has 2 heterocycles. The normalized spacial score (nSPS) is 22.8. The van der Waals surface area contributed by atoms with E-state index in [4.69, 9.17) is 4.74 Å². The predicted octanol–water partition coefficient (Wildman–Crippen LogP) is 1.54. The number of hydrogen-bond acceptors (Lipinski definition) is 4. The minimum atomic E-state index is -0.0273. The number of hydrogen-bond donors (Lipinski definition) is 0. The Morgan fingerprint density at radius 2 is 2.20 bits per heavy atom. The third-order valence-corrected chi connectivity index (χ3v) is 4.26. The SMILES string of the molecule is CCC(CC)C(=O)N1C[C@H](OC)C[C@H]1c1nncn1C. The molecule has 0 N–H and O–H groups in total. The van der Waals surface area contributed by atoms with Gasteiger partial charge in [-0.05, 0) is 12.8 Å². The number of amides is 1. The van der Waals surface area contributed by atoms with E-state index in [-0.39, 0.29) is 24.0 Å². The minimum Gasteiger partial charge on any atom is -0.380 e. The van der Waals surface area contributed by atoms with Crippen molar-refractivity contribution in [2.24, 2.45) is 13.0 Å². The number of likely N-dealkylation sites (tertiary alicyclic amines) is 1. The van der Waals surface area contributed by atoms with Crippen molar-refractivity contribution in [1.82, 2.24) is 19.7 Å². The molecule has 6 nitrogen and oxygen atoms in total. The topological polar surface area (TPSA) is 60.3 Å². The summed E-state index contributed by atoms with van der Waals surface area (Å²) in [7, 11) is 3.61. The lowest BCUT2D eigenvalue weighted by Crippen LogP contribution is -2.37. The van der Waals surface area contributed by atoms with Crippen molar-refractivity contribution < 1.29 is 9.53 Å². The lowest BCUT2D eigenvalue weighted by Gasteiger charge is -2.27. The molecule has 0 aromatic carbocycles. The van der Waals surface area contributed by atoms with Gasteiger partial charge in [0.05, 0.1) is 12.1 Å². The summed E-state index contributed by atoms with van der Waals surface area (Å²) in [5, 5.41) is 8.10. The third kappa shape index (κ3) is 2.70. The predicted molar refractivity (Wildman–Crippen MR) is 74.9 cm³/mol. The van der Waals surface area contributed by atoms with Crippen molar-refractivity contribution in [3.63, 3.8) is 0 Å². The van der Waals surface area contributed by atoms with Gasteiger partial charge in [0.2, 0.25) is 5.91 Å². The van der Waals surface area contributed by atoms with Crippen LogP contribution in [0.3, 0.4) is 0 Å². The Morgan fingerprint density at radius 1 is 1.50 bits per heavy atom. The van der Waals surface area contributed by atoms with Crippen molar-refractivity contribution >= 4 is 5.91 Å². The van der Waals surface area contributed by atoms with Gasteiger partial charge in [-0.2, -0.15) is 0 Å². The fraction of sp³-hybridized carbons (Fsp3) is 0.786. The number of aromatic nitrogens is 3. The minimum absolute atomic E-state index is 0.0273. The number of aryl methyl sites for hydroxylation is 1. The molecule has 1 aromatic rings. The molecule has 0 saturated carbocycles. The van der Waals surface area contributed by atoms with Gasteiger partial charge >= 0.3 is 0 Å². The number of carbonyl (C=O) groups is 1. The summed E-state index contributed by atoms with van der Waals surface area (Å²) in [6.07, 6.45) is 4.28. The Labute approximate surface area is 120 Å². The molecular formula is C14H24N4O2. The monoisotopic (exact) mass is 280 g/mol. The highest BCUT2D eigenvalue weighted by atomic mass is 16.5. The van der Waals surface area contributed by atoms with Gasteiger partial charge in [-0.25, -0.2) is 0 Å². The lowest BCUT2D eigenvalue weighted by molar-refractivity contribution is -0.137. The van der Waals surface area contributed by atoms with Crippen LogP contribution in [0, 0.1) is 5.92 Å². The first-order valence-corrected chi connectivity index (χ1v) is 7.29. The van der Waals surface area contributed by atoms with Crippen LogP contribution in [0.15, 0.2) is 6.33 Å². The molecule has 0 unspecified atom stereocenters. The first-order valence-electron chi connectivity index (χ1n) is 7.29. The smallest absolute Gasteiger partial charge is 0.226 e. The summed E-state index contributed by atoms with van der Waals surface area (Å²) in [5.41, 5.74) is 0. The summed E-state index contributed by atoms with van der Waals surface area (Å²) in [4.78, 5) is 14.6. The van der Waals surface area contributed by atoms with E-state index in [2.05, 4.69) is 24.0 Å². The quantitative estimate of drug-likeness (QED) is 0.821. The second-order valence-corrected chi connectivity index (χ2v) is 5.41. The molecule has 2 rings (SSSR count). The van der Waals surface area contributed by atoms with E-state index in [1.807, 2.05) is 16.5 Å². The maximum atomic E-state index is 12.7. The average molecular weight is 280 g/mol. The van der Waals surface area contributed by atoms with Gasteiger partial charge in [0.15, 0.2) is 5.82 Å². The first-order chi connectivity index (χ1) is 9.62. The molecule has 1 amide bonds. The zero-order valence-electron chi connectivity index (χ0n) is 12.7. The van der Waals surface area contributed by atoms with Crippen LogP contribution in [0.5, 0.6) is 0 Å². The molecule has 1 aliphatic heterocycles. The summed E-state index contributed by atoms with van der Waals surface area (Å²) in [5.74, 6) is 1.13. The van der Waals surface area contributed by atoms with Crippen LogP contribution in [0.2, 0.25) is 0 Å². The molecule has 0 aliphatic carbocycles. The first kappa shape index (κ1) is 15.0. The zero-order chi connectivity index (χ0) is 14.7. The Balaban J connectivity index is 2.24. The standard InChI is InChI=1S/C14H24N4O2/c1-5-10(6-2)14(19)18-8-11(20-4)7-12(18)13-16-15-9-17(13)3/h9-12H,5-8H2,1-4H3/t11-,12+/m1/s1. The molecule has 2 atom stereocenters. The largest absolute Gasteiger partial charge is 0.380 e. The third-order valence-electron chi connectivity index (χ3n) is 4.26. The number of carbonyl (C=O) groups excluding carboxylic acids is 1. The van der Waals surface area contributed by atoms with Gasteiger partial charge in [0, 0.05) is 33.0 Å². The molecule has 1 aromatic heterocycles. The van der Waals surface area contributed by atoms with Gasteiger partial charge in [-0.3, -0.25) is 4.79 Å². The van der Waals surface area contributed by atoms with Crippen LogP contribution in [0.4, 0.5) is 0 Å². The number of methoxy groups -OCH3 is 1. The molecule has 0 radical (unpaired) electrons. The molecule has 6 heteroatoms. The Hall–Kier alpha value is -1.43. The van der Waals surface area contributed by atoms with Crippen LogP contribution in [0.25, 0.3) is 0 Å². The van der Waals surface area contributed by atoms with Gasteiger partial charge in [-0.15, -0.1) is 10.2 Å². The molecule has 1 aliphatic rings. The van der Waals surface area contributed by atoms with E-state index in [1.165, 1.54) is 0 Å². The van der Waals surface area contributed by atoms with Crippen molar-refractivity contribution in [2.45, 2.75) is 45.3 Å². The van der Waals surface area contributed by atoms with Crippen LogP contribution in [-0.2, 0) is 16.6 Å². The number of nitrogens with zero attached hydrogens (tertiary/aromatic N) is 4. The second kappa shape index (κ2) is 6.35. The van der Waals surface area contributed by atoms with E-state index in [0.717, 1.165) is 25.1 Å². The van der Waals surface area contributed by atoms with E-state index in [0.29, 0.717) is 6.54 Å². The highest BCUT2D eigenvalue weighted by Gasteiger charge is 2.40. The van der Waals surface area contributed by atoms with Gasteiger partial charge in [0.1, 0.15) is 6.33 Å². The molecule has 112 valence electrons. The molecule has 20 heavy (non-hydrogen) atoms. The van der Waals surface area contributed by atoms with Crippen molar-refractivity contribution in [1.29, 1.82) is 0 Å². The zero-order valence-corrected chi connectivity index (χ0v) is 12.7. The van der Waals surface area contributed by atoms with Gasteiger partial charge < -0.3 is 14.2 Å². The summed E-state index contributed by atoms with van der Waals surface area (Å²) < 4.78 is 7.34. The fourth-order valence-electron chi connectivity index (χ4n) is 2.92. The van der Waals surface area contributed by atoms with E-state index in [1.54, 1.807) is 13.4 Å². The Bertz CT molecular complexity index is 456. The van der Waals surface area contributed by atoms with Crippen LogP contribution in [-0.4, -0.2) is 45.3 Å². The highest BCUT2D eigenvalue weighted by Crippen LogP contribution is 2.33. The average Bonchev–Trinajstić information content (AvgIpc) is 3.05. The van der Waals surface area contributed by atoms with Gasteiger partial charge in [-0.1, -0.05) is 13.8 Å². The van der Waals surface area contributed by atoms with Crippen LogP contribution < -0.4 is 0 Å². The second-order valence-electron chi connectivity index (χ2n) is 5.41. The number of ether oxygens (including phenoxy) is 1.